The predicted molar refractivity (Wildman–Crippen MR) is 89.3 cm³/mol. The highest BCUT2D eigenvalue weighted by Gasteiger charge is 2.28. The highest BCUT2D eigenvalue weighted by molar-refractivity contribution is 5.78. The number of aryl methyl sites for hydroxylation is 1. The molecule has 0 aliphatic carbocycles. The summed E-state index contributed by atoms with van der Waals surface area (Å²) in [5, 5.41) is 17.4. The molecule has 2 atom stereocenters. The molecule has 0 aromatic carbocycles. The van der Waals surface area contributed by atoms with Crippen molar-refractivity contribution in [2.45, 2.75) is 57.6 Å². The number of nitrogens with one attached hydrogen (secondary N) is 1. The van der Waals surface area contributed by atoms with Crippen molar-refractivity contribution < 1.29 is 14.3 Å². The Morgan fingerprint density at radius 1 is 1.50 bits per heavy atom. The fraction of sp³-hybridized carbons (Fsp3) is 0.556. The molecule has 0 radical (unpaired) electrons. The van der Waals surface area contributed by atoms with E-state index >= 15 is 0 Å². The summed E-state index contributed by atoms with van der Waals surface area (Å²) >= 11 is 0. The lowest BCUT2D eigenvalue weighted by atomic mass is 10.0. The molecule has 6 heteroatoms. The minimum absolute atomic E-state index is 0.0418. The molecule has 3 rings (SSSR count). The summed E-state index contributed by atoms with van der Waals surface area (Å²) in [4.78, 5) is 14.7. The number of aliphatic hydroxyl groups excluding tert-OH is 1. The quantitative estimate of drug-likeness (QED) is 0.882. The highest BCUT2D eigenvalue weighted by Crippen LogP contribution is 2.27. The fourth-order valence-corrected chi connectivity index (χ4v) is 3.43. The van der Waals surface area contributed by atoms with Gasteiger partial charge < -0.3 is 14.4 Å². The number of aromatic nitrogens is 2. The van der Waals surface area contributed by atoms with E-state index in [9.17, 15) is 9.90 Å². The Kier molecular flexibility index (Phi) is 5.35. The Hall–Kier alpha value is -2.08. The second kappa shape index (κ2) is 7.66. The molecule has 6 nitrogen and oxygen atoms in total. The van der Waals surface area contributed by atoms with Crippen LogP contribution in [0.25, 0.3) is 0 Å². The van der Waals surface area contributed by atoms with Crippen LogP contribution in [0.15, 0.2) is 28.9 Å². The number of aliphatic hydroxyl groups is 1. The summed E-state index contributed by atoms with van der Waals surface area (Å²) in [6, 6.07) is 5.50. The van der Waals surface area contributed by atoms with Crippen LogP contribution in [0.2, 0.25) is 0 Å². The first-order valence-corrected chi connectivity index (χ1v) is 8.65. The van der Waals surface area contributed by atoms with Gasteiger partial charge in [0.05, 0.1) is 18.4 Å². The molecule has 0 saturated carbocycles. The lowest BCUT2D eigenvalue weighted by Gasteiger charge is -2.31. The van der Waals surface area contributed by atoms with Gasteiger partial charge in [-0.3, -0.25) is 9.89 Å². The van der Waals surface area contributed by atoms with Gasteiger partial charge in [0, 0.05) is 24.7 Å². The zero-order chi connectivity index (χ0) is 16.9. The number of aromatic amines is 1. The van der Waals surface area contributed by atoms with Gasteiger partial charge in [-0.1, -0.05) is 12.8 Å². The maximum absolute atomic E-state index is 12.8. The zero-order valence-corrected chi connectivity index (χ0v) is 14.1. The van der Waals surface area contributed by atoms with Gasteiger partial charge in [0.25, 0.3) is 0 Å². The number of hydrogen-bond acceptors (Lipinski definition) is 4. The normalized spacial score (nSPS) is 19.9. The summed E-state index contributed by atoms with van der Waals surface area (Å²) in [5.74, 6) is 0.648. The van der Waals surface area contributed by atoms with E-state index in [1.165, 1.54) is 0 Å². The van der Waals surface area contributed by atoms with Crippen molar-refractivity contribution in [3.05, 3.63) is 41.6 Å². The van der Waals surface area contributed by atoms with Gasteiger partial charge in [0.1, 0.15) is 11.9 Å². The van der Waals surface area contributed by atoms with Crippen molar-refractivity contribution in [2.24, 2.45) is 0 Å². The summed E-state index contributed by atoms with van der Waals surface area (Å²) in [6.07, 6.45) is 5.85. The van der Waals surface area contributed by atoms with Crippen LogP contribution in [0.3, 0.4) is 0 Å². The number of H-pyrrole nitrogens is 1. The first kappa shape index (κ1) is 16.8. The number of rotatable bonds is 5. The van der Waals surface area contributed by atoms with E-state index in [1.54, 1.807) is 18.4 Å². The lowest BCUT2D eigenvalue weighted by Crippen LogP contribution is -2.41. The molecular formula is C18H25N3O3. The van der Waals surface area contributed by atoms with Gasteiger partial charge in [-0.15, -0.1) is 0 Å². The molecule has 1 aliphatic rings. The molecule has 1 amide bonds. The van der Waals surface area contributed by atoms with E-state index in [0.717, 1.165) is 43.6 Å². The van der Waals surface area contributed by atoms with Crippen molar-refractivity contribution in [3.8, 4) is 0 Å². The van der Waals surface area contributed by atoms with E-state index in [1.807, 2.05) is 17.9 Å². The third-order valence-corrected chi connectivity index (χ3v) is 4.66. The van der Waals surface area contributed by atoms with Crippen molar-refractivity contribution in [3.63, 3.8) is 0 Å². The first-order valence-electron chi connectivity index (χ1n) is 8.65. The van der Waals surface area contributed by atoms with Crippen LogP contribution >= 0.6 is 0 Å². The minimum atomic E-state index is -0.675. The second-order valence-electron chi connectivity index (χ2n) is 6.58. The molecule has 1 fully saturated rings. The Balaban J connectivity index is 1.68. The number of nitrogens with zero attached hydrogens (tertiary/aromatic N) is 2. The highest BCUT2D eigenvalue weighted by atomic mass is 16.4. The second-order valence-corrected chi connectivity index (χ2v) is 6.58. The molecule has 24 heavy (non-hydrogen) atoms. The summed E-state index contributed by atoms with van der Waals surface area (Å²) in [7, 11) is 0. The number of carbonyl (C=O) groups excluding carboxylic acids is 1. The third kappa shape index (κ3) is 4.06. The fourth-order valence-electron chi connectivity index (χ4n) is 3.43. The number of amides is 1. The molecule has 2 aromatic rings. The average Bonchev–Trinajstić information content (AvgIpc) is 3.16. The van der Waals surface area contributed by atoms with Crippen molar-refractivity contribution in [1.29, 1.82) is 0 Å². The van der Waals surface area contributed by atoms with E-state index in [-0.39, 0.29) is 11.9 Å². The van der Waals surface area contributed by atoms with E-state index in [4.69, 9.17) is 4.42 Å². The van der Waals surface area contributed by atoms with Crippen LogP contribution in [-0.4, -0.2) is 38.7 Å². The SMILES string of the molecule is Cc1cc(CC(=O)N2CCCCC[C@@H]2C[C@@H](O)c2ccco2)n[nH]1. The standard InChI is InChI=1S/C18H25N3O3/c1-13-10-14(20-19-13)11-18(23)21-8-4-2-3-6-15(21)12-16(22)17-7-5-9-24-17/h5,7,9-10,15-16,22H,2-4,6,8,11-12H2,1H3,(H,19,20)/t15-,16-/m1/s1. The van der Waals surface area contributed by atoms with Crippen molar-refractivity contribution >= 4 is 5.91 Å². The van der Waals surface area contributed by atoms with Crippen LogP contribution in [0.1, 0.15) is 55.4 Å². The lowest BCUT2D eigenvalue weighted by molar-refractivity contribution is -0.133. The molecular weight excluding hydrogens is 306 g/mol. The smallest absolute Gasteiger partial charge is 0.228 e. The van der Waals surface area contributed by atoms with Crippen LogP contribution in [0.4, 0.5) is 0 Å². The largest absolute Gasteiger partial charge is 0.467 e. The van der Waals surface area contributed by atoms with Crippen LogP contribution in [0.5, 0.6) is 0 Å². The molecule has 2 N–H and O–H groups in total. The third-order valence-electron chi connectivity index (χ3n) is 4.66. The summed E-state index contributed by atoms with van der Waals surface area (Å²) in [6.45, 7) is 2.67. The Morgan fingerprint density at radius 2 is 2.38 bits per heavy atom. The first-order chi connectivity index (χ1) is 11.6. The van der Waals surface area contributed by atoms with Gasteiger partial charge in [0.15, 0.2) is 0 Å². The maximum Gasteiger partial charge on any atom is 0.228 e. The van der Waals surface area contributed by atoms with E-state index < -0.39 is 6.10 Å². The molecule has 1 saturated heterocycles. The predicted octanol–water partition coefficient (Wildman–Crippen LogP) is 2.75. The average molecular weight is 331 g/mol. The van der Waals surface area contributed by atoms with Gasteiger partial charge in [-0.25, -0.2) is 0 Å². The Bertz CT molecular complexity index is 650. The maximum atomic E-state index is 12.8. The number of hydrogen-bond donors (Lipinski definition) is 2. The molecule has 2 aromatic heterocycles. The van der Waals surface area contributed by atoms with Gasteiger partial charge >= 0.3 is 0 Å². The van der Waals surface area contributed by atoms with Crippen LogP contribution in [-0.2, 0) is 11.2 Å². The zero-order valence-electron chi connectivity index (χ0n) is 14.1. The van der Waals surface area contributed by atoms with Crippen LogP contribution < -0.4 is 0 Å². The Morgan fingerprint density at radius 3 is 3.08 bits per heavy atom. The molecule has 1 aliphatic heterocycles. The molecule has 130 valence electrons. The molecule has 0 spiro atoms. The Labute approximate surface area is 141 Å². The van der Waals surface area contributed by atoms with Crippen LogP contribution in [0, 0.1) is 6.92 Å². The molecule has 0 bridgehead atoms. The van der Waals surface area contributed by atoms with Gasteiger partial charge in [0.2, 0.25) is 5.91 Å². The minimum Gasteiger partial charge on any atom is -0.467 e. The van der Waals surface area contributed by atoms with E-state index in [0.29, 0.717) is 18.6 Å². The molecule has 0 unspecified atom stereocenters. The van der Waals surface area contributed by atoms with Crippen molar-refractivity contribution in [1.82, 2.24) is 15.1 Å². The molecule has 3 heterocycles. The van der Waals surface area contributed by atoms with Gasteiger partial charge in [-0.05, 0) is 38.0 Å². The number of likely N-dealkylation sites (tertiary alicyclic amines) is 1. The summed E-state index contributed by atoms with van der Waals surface area (Å²) < 4.78 is 5.29. The number of furan rings is 1. The number of carbonyl (C=O) groups is 1. The van der Waals surface area contributed by atoms with E-state index in [2.05, 4.69) is 10.2 Å². The summed E-state index contributed by atoms with van der Waals surface area (Å²) in [5.41, 5.74) is 1.73. The van der Waals surface area contributed by atoms with Crippen molar-refractivity contribution in [2.75, 3.05) is 6.54 Å². The topological polar surface area (TPSA) is 82.4 Å². The monoisotopic (exact) mass is 331 g/mol. The van der Waals surface area contributed by atoms with Gasteiger partial charge in [-0.2, -0.15) is 5.10 Å².